The SMILES string of the molecule is CCCn1c(CN2CC[C@@]3(NC(C)=O)CN(C(C)=O)C[C@H]3C2)nc2ccccc21. The number of imidazole rings is 1. The van der Waals surface area contributed by atoms with E-state index in [1.165, 1.54) is 5.52 Å². The van der Waals surface area contributed by atoms with Crippen molar-refractivity contribution < 1.29 is 9.59 Å². The highest BCUT2D eigenvalue weighted by Gasteiger charge is 2.50. The Balaban J connectivity index is 1.55. The largest absolute Gasteiger partial charge is 0.349 e. The second-order valence-corrected chi connectivity index (χ2v) is 8.59. The second kappa shape index (κ2) is 7.78. The fourth-order valence-electron chi connectivity index (χ4n) is 5.11. The van der Waals surface area contributed by atoms with Gasteiger partial charge in [0.2, 0.25) is 11.8 Å². The number of nitrogens with zero attached hydrogens (tertiary/aromatic N) is 4. The molecule has 2 aliphatic heterocycles. The van der Waals surface area contributed by atoms with Crippen molar-refractivity contribution in [1.82, 2.24) is 24.7 Å². The molecule has 1 aromatic carbocycles. The number of amides is 2. The average molecular weight is 398 g/mol. The summed E-state index contributed by atoms with van der Waals surface area (Å²) in [6, 6.07) is 8.32. The minimum absolute atomic E-state index is 0.0152. The number of carbonyl (C=O) groups excluding carboxylic acids is 2. The number of para-hydroxylation sites is 2. The van der Waals surface area contributed by atoms with E-state index in [0.717, 1.165) is 50.4 Å². The standard InChI is InChI=1S/C22H31N5O2/c1-4-10-27-20-8-6-5-7-19(20)23-21(27)14-25-11-9-22(24-16(2)28)15-26(17(3)29)13-18(22)12-25/h5-8,18H,4,9-15H2,1-3H3,(H,24,28)/t18-,22-/m1/s1. The molecule has 156 valence electrons. The van der Waals surface area contributed by atoms with Crippen LogP contribution in [0.25, 0.3) is 11.0 Å². The molecule has 1 N–H and O–H groups in total. The van der Waals surface area contributed by atoms with Gasteiger partial charge in [-0.15, -0.1) is 0 Å². The van der Waals surface area contributed by atoms with Crippen molar-refractivity contribution in [1.29, 1.82) is 0 Å². The van der Waals surface area contributed by atoms with Gasteiger partial charge < -0.3 is 14.8 Å². The summed E-state index contributed by atoms with van der Waals surface area (Å²) in [5.74, 6) is 1.41. The van der Waals surface area contributed by atoms with Crippen LogP contribution >= 0.6 is 0 Å². The van der Waals surface area contributed by atoms with E-state index in [2.05, 4.69) is 39.9 Å². The lowest BCUT2D eigenvalue weighted by molar-refractivity contribution is -0.128. The number of rotatable bonds is 5. The summed E-state index contributed by atoms with van der Waals surface area (Å²) in [5, 5.41) is 3.20. The van der Waals surface area contributed by atoms with Crippen molar-refractivity contribution in [2.45, 2.75) is 52.2 Å². The molecule has 7 heteroatoms. The van der Waals surface area contributed by atoms with Crippen LogP contribution in [0.3, 0.4) is 0 Å². The molecule has 0 unspecified atom stereocenters. The Labute approximate surface area is 172 Å². The monoisotopic (exact) mass is 397 g/mol. The van der Waals surface area contributed by atoms with Gasteiger partial charge in [-0.25, -0.2) is 4.98 Å². The van der Waals surface area contributed by atoms with Crippen LogP contribution in [0, 0.1) is 5.92 Å². The molecule has 2 aliphatic rings. The molecule has 2 fully saturated rings. The van der Waals surface area contributed by atoms with Gasteiger partial charge in [0, 0.05) is 52.5 Å². The minimum Gasteiger partial charge on any atom is -0.349 e. The third-order valence-electron chi connectivity index (χ3n) is 6.46. The number of nitrogens with one attached hydrogen (secondary N) is 1. The number of hydrogen-bond acceptors (Lipinski definition) is 4. The lowest BCUT2D eigenvalue weighted by Crippen LogP contribution is -2.60. The van der Waals surface area contributed by atoms with Gasteiger partial charge in [0.15, 0.2) is 0 Å². The molecule has 1 aromatic heterocycles. The topological polar surface area (TPSA) is 70.5 Å². The van der Waals surface area contributed by atoms with Crippen LogP contribution in [-0.4, -0.2) is 62.9 Å². The van der Waals surface area contributed by atoms with Crippen molar-refractivity contribution in [3.05, 3.63) is 30.1 Å². The van der Waals surface area contributed by atoms with Crippen molar-refractivity contribution in [2.24, 2.45) is 5.92 Å². The van der Waals surface area contributed by atoms with Gasteiger partial charge in [-0.1, -0.05) is 19.1 Å². The van der Waals surface area contributed by atoms with Gasteiger partial charge in [-0.2, -0.15) is 0 Å². The zero-order valence-corrected chi connectivity index (χ0v) is 17.6. The first-order chi connectivity index (χ1) is 13.9. The Bertz CT molecular complexity index is 923. The lowest BCUT2D eigenvalue weighted by Gasteiger charge is -2.43. The number of likely N-dealkylation sites (tertiary alicyclic amines) is 2. The third-order valence-corrected chi connectivity index (χ3v) is 6.46. The smallest absolute Gasteiger partial charge is 0.219 e. The molecular formula is C22H31N5O2. The van der Waals surface area contributed by atoms with E-state index < -0.39 is 0 Å². The van der Waals surface area contributed by atoms with E-state index >= 15 is 0 Å². The Morgan fingerprint density at radius 3 is 2.76 bits per heavy atom. The molecular weight excluding hydrogens is 366 g/mol. The Hall–Kier alpha value is -2.41. The molecule has 7 nitrogen and oxygen atoms in total. The molecule has 2 atom stereocenters. The van der Waals surface area contributed by atoms with Crippen LogP contribution in [0.4, 0.5) is 0 Å². The van der Waals surface area contributed by atoms with Gasteiger partial charge in [-0.05, 0) is 25.0 Å². The van der Waals surface area contributed by atoms with E-state index in [9.17, 15) is 9.59 Å². The number of carbonyl (C=O) groups is 2. The van der Waals surface area contributed by atoms with E-state index in [4.69, 9.17) is 4.98 Å². The van der Waals surface area contributed by atoms with Crippen LogP contribution < -0.4 is 5.32 Å². The quantitative estimate of drug-likeness (QED) is 0.838. The van der Waals surface area contributed by atoms with Gasteiger partial charge in [-0.3, -0.25) is 14.5 Å². The summed E-state index contributed by atoms with van der Waals surface area (Å²) in [6.45, 7) is 10.2. The van der Waals surface area contributed by atoms with Crippen molar-refractivity contribution >= 4 is 22.8 Å². The average Bonchev–Trinajstić information content (AvgIpc) is 3.20. The minimum atomic E-state index is -0.294. The molecule has 3 heterocycles. The summed E-state index contributed by atoms with van der Waals surface area (Å²) in [7, 11) is 0. The molecule has 0 aliphatic carbocycles. The Morgan fingerprint density at radius 2 is 2.03 bits per heavy atom. The molecule has 0 radical (unpaired) electrons. The van der Waals surface area contributed by atoms with Gasteiger partial charge >= 0.3 is 0 Å². The highest BCUT2D eigenvalue weighted by Crippen LogP contribution is 2.36. The molecule has 4 rings (SSSR count). The molecule has 0 spiro atoms. The number of aromatic nitrogens is 2. The zero-order valence-electron chi connectivity index (χ0n) is 17.6. The van der Waals surface area contributed by atoms with E-state index in [1.807, 2.05) is 11.0 Å². The third kappa shape index (κ3) is 3.75. The zero-order chi connectivity index (χ0) is 20.6. The molecule has 2 amide bonds. The van der Waals surface area contributed by atoms with Crippen LogP contribution in [0.1, 0.15) is 39.4 Å². The predicted octanol–water partition coefficient (Wildman–Crippen LogP) is 2.01. The maximum absolute atomic E-state index is 12.0. The molecule has 0 saturated carbocycles. The van der Waals surface area contributed by atoms with Crippen LogP contribution in [0.5, 0.6) is 0 Å². The molecule has 0 bridgehead atoms. The molecule has 2 aromatic rings. The number of piperidine rings is 1. The van der Waals surface area contributed by atoms with Crippen LogP contribution in [0.15, 0.2) is 24.3 Å². The van der Waals surface area contributed by atoms with E-state index in [0.29, 0.717) is 13.1 Å². The first kappa shape index (κ1) is 19.9. The highest BCUT2D eigenvalue weighted by atomic mass is 16.2. The lowest BCUT2D eigenvalue weighted by atomic mass is 9.80. The number of hydrogen-bond donors (Lipinski definition) is 1. The first-order valence-electron chi connectivity index (χ1n) is 10.6. The predicted molar refractivity (Wildman–Crippen MR) is 112 cm³/mol. The van der Waals surface area contributed by atoms with Crippen molar-refractivity contribution in [3.63, 3.8) is 0 Å². The van der Waals surface area contributed by atoms with Gasteiger partial charge in [0.05, 0.1) is 23.1 Å². The van der Waals surface area contributed by atoms with Crippen molar-refractivity contribution in [3.8, 4) is 0 Å². The summed E-state index contributed by atoms with van der Waals surface area (Å²) >= 11 is 0. The van der Waals surface area contributed by atoms with Crippen LogP contribution in [0.2, 0.25) is 0 Å². The fourth-order valence-corrected chi connectivity index (χ4v) is 5.11. The Morgan fingerprint density at radius 1 is 1.24 bits per heavy atom. The number of aryl methyl sites for hydroxylation is 1. The maximum atomic E-state index is 12.0. The number of benzene rings is 1. The van der Waals surface area contributed by atoms with E-state index in [1.54, 1.807) is 13.8 Å². The molecule has 29 heavy (non-hydrogen) atoms. The second-order valence-electron chi connectivity index (χ2n) is 8.59. The van der Waals surface area contributed by atoms with Crippen molar-refractivity contribution in [2.75, 3.05) is 26.2 Å². The summed E-state index contributed by atoms with van der Waals surface area (Å²) in [5.41, 5.74) is 1.94. The first-order valence-corrected chi connectivity index (χ1v) is 10.6. The highest BCUT2D eigenvalue weighted by molar-refractivity contribution is 5.77. The summed E-state index contributed by atoms with van der Waals surface area (Å²) in [4.78, 5) is 33.1. The van der Waals surface area contributed by atoms with Crippen LogP contribution in [-0.2, 0) is 22.7 Å². The van der Waals surface area contributed by atoms with E-state index in [-0.39, 0.29) is 23.3 Å². The van der Waals surface area contributed by atoms with Gasteiger partial charge in [0.1, 0.15) is 5.82 Å². The normalized spacial score (nSPS) is 24.7. The molecule has 2 saturated heterocycles. The summed E-state index contributed by atoms with van der Waals surface area (Å²) in [6.07, 6.45) is 1.92. The summed E-state index contributed by atoms with van der Waals surface area (Å²) < 4.78 is 2.33. The maximum Gasteiger partial charge on any atom is 0.219 e. The Kier molecular flexibility index (Phi) is 5.34. The van der Waals surface area contributed by atoms with Gasteiger partial charge in [0.25, 0.3) is 0 Å². The number of fused-ring (bicyclic) bond motifs is 2. The fraction of sp³-hybridized carbons (Fsp3) is 0.591.